The van der Waals surface area contributed by atoms with Gasteiger partial charge in [0.25, 0.3) is 0 Å². The van der Waals surface area contributed by atoms with Gasteiger partial charge < -0.3 is 10.3 Å². The molecule has 4 heteroatoms. The molecule has 0 fully saturated rings. The van der Waals surface area contributed by atoms with Gasteiger partial charge in [-0.25, -0.2) is 4.98 Å². The lowest BCUT2D eigenvalue weighted by atomic mass is 10.1. The molecule has 0 radical (unpaired) electrons. The highest BCUT2D eigenvalue weighted by Gasteiger charge is 2.14. The number of fused-ring (bicyclic) bond motifs is 1. The zero-order valence-corrected chi connectivity index (χ0v) is 11.8. The number of aromatic nitrogens is 3. The van der Waals surface area contributed by atoms with Crippen LogP contribution in [-0.4, -0.2) is 14.5 Å². The van der Waals surface area contributed by atoms with Crippen molar-refractivity contribution in [2.75, 3.05) is 5.73 Å². The van der Waals surface area contributed by atoms with Crippen LogP contribution in [0, 0.1) is 6.92 Å². The van der Waals surface area contributed by atoms with Crippen LogP contribution >= 0.6 is 0 Å². The summed E-state index contributed by atoms with van der Waals surface area (Å²) < 4.78 is 2.22. The van der Waals surface area contributed by atoms with Crippen LogP contribution in [-0.2, 0) is 6.54 Å². The summed E-state index contributed by atoms with van der Waals surface area (Å²) in [4.78, 5) is 8.88. The van der Waals surface area contributed by atoms with E-state index in [1.54, 1.807) is 12.4 Å². The maximum Gasteiger partial charge on any atom is 0.143 e. The van der Waals surface area contributed by atoms with Crippen LogP contribution in [0.15, 0.2) is 36.7 Å². The summed E-state index contributed by atoms with van der Waals surface area (Å²) in [5.74, 6) is 0.927. The maximum atomic E-state index is 6.23. The number of rotatable bonds is 3. The molecule has 102 valence electrons. The molecule has 2 heterocycles. The fourth-order valence-electron chi connectivity index (χ4n) is 2.51. The number of aryl methyl sites for hydroxylation is 2. The molecule has 0 spiro atoms. The molecule has 1 aromatic carbocycles. The first kappa shape index (κ1) is 12.7. The quantitative estimate of drug-likeness (QED) is 0.739. The van der Waals surface area contributed by atoms with Gasteiger partial charge in [-0.15, -0.1) is 0 Å². The molecule has 0 unspecified atom stereocenters. The maximum absolute atomic E-state index is 6.23. The molecule has 0 atom stereocenters. The van der Waals surface area contributed by atoms with Gasteiger partial charge in [-0.3, -0.25) is 4.98 Å². The van der Waals surface area contributed by atoms with Crippen molar-refractivity contribution in [2.45, 2.75) is 26.8 Å². The minimum Gasteiger partial charge on any atom is -0.398 e. The largest absolute Gasteiger partial charge is 0.398 e. The second kappa shape index (κ2) is 4.96. The summed E-state index contributed by atoms with van der Waals surface area (Å²) in [6.45, 7) is 5.10. The van der Waals surface area contributed by atoms with Crippen LogP contribution in [0.25, 0.3) is 22.4 Å². The van der Waals surface area contributed by atoms with E-state index in [2.05, 4.69) is 16.5 Å². The number of anilines is 1. The highest BCUT2D eigenvalue weighted by Crippen LogP contribution is 2.30. The molecule has 2 N–H and O–H groups in total. The summed E-state index contributed by atoms with van der Waals surface area (Å²) in [5, 5.41) is 0. The zero-order valence-electron chi connectivity index (χ0n) is 11.8. The van der Waals surface area contributed by atoms with E-state index in [0.717, 1.165) is 46.6 Å². The fraction of sp³-hybridized carbons (Fsp3) is 0.250. The standard InChI is InChI=1S/C16H18N4/c1-3-9-20-14-7-8-18-10-13(14)19-16(20)12-6-4-5-11(2)15(12)17/h4-8,10H,3,9,17H2,1-2H3. The average molecular weight is 266 g/mol. The van der Waals surface area contributed by atoms with Crippen molar-refractivity contribution in [2.24, 2.45) is 0 Å². The summed E-state index contributed by atoms with van der Waals surface area (Å²) in [6, 6.07) is 8.08. The number of nitrogens with two attached hydrogens (primary N) is 1. The predicted octanol–water partition coefficient (Wildman–Crippen LogP) is 3.40. The minimum absolute atomic E-state index is 0.799. The molecule has 4 nitrogen and oxygen atoms in total. The lowest BCUT2D eigenvalue weighted by Crippen LogP contribution is -2.02. The number of nitrogens with zero attached hydrogens (tertiary/aromatic N) is 3. The Hall–Kier alpha value is -2.36. The Morgan fingerprint density at radius 2 is 2.10 bits per heavy atom. The van der Waals surface area contributed by atoms with Crippen molar-refractivity contribution in [3.63, 3.8) is 0 Å². The molecule has 2 aromatic heterocycles. The van der Waals surface area contributed by atoms with E-state index in [9.17, 15) is 0 Å². The Balaban J connectivity index is 2.29. The summed E-state index contributed by atoms with van der Waals surface area (Å²) in [7, 11) is 0. The molecule has 0 aliphatic heterocycles. The Morgan fingerprint density at radius 3 is 2.90 bits per heavy atom. The third-order valence-corrected chi connectivity index (χ3v) is 3.56. The first-order chi connectivity index (χ1) is 9.72. The van der Waals surface area contributed by atoms with Gasteiger partial charge in [0.1, 0.15) is 11.3 Å². The van der Waals surface area contributed by atoms with Crippen LogP contribution in [0.5, 0.6) is 0 Å². The van der Waals surface area contributed by atoms with Crippen LogP contribution in [0.1, 0.15) is 18.9 Å². The van der Waals surface area contributed by atoms with Gasteiger partial charge in [0, 0.05) is 24.0 Å². The number of hydrogen-bond donors (Lipinski definition) is 1. The van der Waals surface area contributed by atoms with Crippen molar-refractivity contribution in [3.8, 4) is 11.4 Å². The van der Waals surface area contributed by atoms with E-state index < -0.39 is 0 Å². The first-order valence-corrected chi connectivity index (χ1v) is 6.88. The second-order valence-electron chi connectivity index (χ2n) is 4.99. The highest BCUT2D eigenvalue weighted by atomic mass is 15.1. The molecule has 0 amide bonds. The molecule has 20 heavy (non-hydrogen) atoms. The smallest absolute Gasteiger partial charge is 0.143 e. The molecule has 3 rings (SSSR count). The van der Waals surface area contributed by atoms with Gasteiger partial charge in [-0.2, -0.15) is 0 Å². The van der Waals surface area contributed by atoms with E-state index in [1.165, 1.54) is 0 Å². The van der Waals surface area contributed by atoms with Gasteiger partial charge in [0.15, 0.2) is 0 Å². The molecule has 0 aliphatic carbocycles. The lowest BCUT2D eigenvalue weighted by molar-refractivity contribution is 0.704. The number of pyridine rings is 1. The van der Waals surface area contributed by atoms with Crippen molar-refractivity contribution < 1.29 is 0 Å². The van der Waals surface area contributed by atoms with Crippen LogP contribution in [0.3, 0.4) is 0 Å². The number of para-hydroxylation sites is 1. The van der Waals surface area contributed by atoms with E-state index in [-0.39, 0.29) is 0 Å². The van der Waals surface area contributed by atoms with E-state index in [1.807, 2.05) is 31.2 Å². The number of nitrogen functional groups attached to an aromatic ring is 1. The molecule has 3 aromatic rings. The second-order valence-corrected chi connectivity index (χ2v) is 4.99. The van der Waals surface area contributed by atoms with Crippen LogP contribution in [0.4, 0.5) is 5.69 Å². The van der Waals surface area contributed by atoms with Gasteiger partial charge in [0.05, 0.1) is 11.7 Å². The predicted molar refractivity (Wildman–Crippen MR) is 82.4 cm³/mol. The van der Waals surface area contributed by atoms with Crippen LogP contribution in [0.2, 0.25) is 0 Å². The Labute approximate surface area is 118 Å². The number of benzene rings is 1. The molecule has 0 saturated heterocycles. The summed E-state index contributed by atoms with van der Waals surface area (Å²) in [5.41, 5.74) is 11.1. The molecular weight excluding hydrogens is 248 g/mol. The minimum atomic E-state index is 0.799. The average Bonchev–Trinajstić information content (AvgIpc) is 2.81. The number of imidazole rings is 1. The topological polar surface area (TPSA) is 56.7 Å². The van der Waals surface area contributed by atoms with Crippen molar-refractivity contribution in [3.05, 3.63) is 42.2 Å². The third-order valence-electron chi connectivity index (χ3n) is 3.56. The van der Waals surface area contributed by atoms with Crippen LogP contribution < -0.4 is 5.73 Å². The Bertz CT molecular complexity index is 758. The highest BCUT2D eigenvalue weighted by molar-refractivity contribution is 5.83. The van der Waals surface area contributed by atoms with Crippen molar-refractivity contribution in [1.82, 2.24) is 14.5 Å². The zero-order chi connectivity index (χ0) is 14.1. The van der Waals surface area contributed by atoms with Gasteiger partial charge in [-0.05, 0) is 31.0 Å². The van der Waals surface area contributed by atoms with Gasteiger partial charge in [-0.1, -0.05) is 19.1 Å². The first-order valence-electron chi connectivity index (χ1n) is 6.88. The van der Waals surface area contributed by atoms with Crippen molar-refractivity contribution >= 4 is 16.7 Å². The van der Waals surface area contributed by atoms with Gasteiger partial charge in [0.2, 0.25) is 0 Å². The summed E-state index contributed by atoms with van der Waals surface area (Å²) in [6.07, 6.45) is 4.66. The Kier molecular flexibility index (Phi) is 3.14. The Morgan fingerprint density at radius 1 is 1.25 bits per heavy atom. The fourth-order valence-corrected chi connectivity index (χ4v) is 2.51. The molecular formula is C16H18N4. The van der Waals surface area contributed by atoms with E-state index >= 15 is 0 Å². The number of hydrogen-bond acceptors (Lipinski definition) is 3. The third kappa shape index (κ3) is 1.93. The molecule has 0 aliphatic rings. The molecule has 0 bridgehead atoms. The van der Waals surface area contributed by atoms with E-state index in [0.29, 0.717) is 0 Å². The SMILES string of the molecule is CCCn1c(-c2cccc(C)c2N)nc2cnccc21. The summed E-state index contributed by atoms with van der Waals surface area (Å²) >= 11 is 0. The monoisotopic (exact) mass is 266 g/mol. The lowest BCUT2D eigenvalue weighted by Gasteiger charge is -2.11. The van der Waals surface area contributed by atoms with Crippen molar-refractivity contribution in [1.29, 1.82) is 0 Å². The van der Waals surface area contributed by atoms with Gasteiger partial charge >= 0.3 is 0 Å². The van der Waals surface area contributed by atoms with E-state index in [4.69, 9.17) is 10.7 Å². The molecule has 0 saturated carbocycles. The normalized spacial score (nSPS) is 11.1.